The van der Waals surface area contributed by atoms with Crippen LogP contribution in [0.5, 0.6) is 0 Å². The molecular weight excluding hydrogens is 248 g/mol. The van der Waals surface area contributed by atoms with Crippen molar-refractivity contribution in [1.82, 2.24) is 5.32 Å². The molecule has 1 amide bonds. The van der Waals surface area contributed by atoms with E-state index in [9.17, 15) is 9.59 Å². The van der Waals surface area contributed by atoms with Crippen LogP contribution in [0, 0.1) is 11.3 Å². The predicted molar refractivity (Wildman–Crippen MR) is 69.2 cm³/mol. The van der Waals surface area contributed by atoms with E-state index in [1.807, 2.05) is 6.07 Å². The van der Waals surface area contributed by atoms with Gasteiger partial charge in [0, 0.05) is 0 Å². The van der Waals surface area contributed by atoms with Crippen molar-refractivity contribution in [3.63, 3.8) is 0 Å². The van der Waals surface area contributed by atoms with E-state index in [4.69, 9.17) is 14.7 Å². The summed E-state index contributed by atoms with van der Waals surface area (Å²) in [5, 5.41) is 11.2. The third-order valence-electron chi connectivity index (χ3n) is 1.64. The molecule has 0 saturated heterocycles. The minimum atomic E-state index is -0.968. The zero-order valence-electron chi connectivity index (χ0n) is 12.4. The van der Waals surface area contributed by atoms with Gasteiger partial charge in [-0.1, -0.05) is 0 Å². The van der Waals surface area contributed by atoms with Gasteiger partial charge in [0.1, 0.15) is 17.2 Å². The van der Waals surface area contributed by atoms with Gasteiger partial charge in [-0.2, -0.15) is 5.26 Å². The highest BCUT2D eigenvalue weighted by Crippen LogP contribution is 2.10. The molecule has 6 nitrogen and oxygen atoms in total. The molecule has 19 heavy (non-hydrogen) atoms. The Balaban J connectivity index is 4.35. The molecule has 0 heterocycles. The summed E-state index contributed by atoms with van der Waals surface area (Å²) in [5.74, 6) is -0.546. The van der Waals surface area contributed by atoms with Gasteiger partial charge >= 0.3 is 12.1 Å². The number of ether oxygens (including phenoxy) is 2. The SMILES string of the molecule is CC(C)(C)OC(=O)CC(C#N)NC(=O)OC(C)(C)C. The normalized spacial score (nSPS) is 13.1. The molecule has 1 unspecified atom stereocenters. The number of hydrogen-bond acceptors (Lipinski definition) is 5. The summed E-state index contributed by atoms with van der Waals surface area (Å²) in [7, 11) is 0. The Morgan fingerprint density at radius 3 is 1.95 bits per heavy atom. The first-order chi connectivity index (χ1) is 8.43. The lowest BCUT2D eigenvalue weighted by Gasteiger charge is -2.22. The molecule has 0 saturated carbocycles. The Morgan fingerprint density at radius 2 is 1.58 bits per heavy atom. The number of nitriles is 1. The molecule has 0 fully saturated rings. The van der Waals surface area contributed by atoms with Crippen LogP contribution in [0.4, 0.5) is 4.79 Å². The van der Waals surface area contributed by atoms with Gasteiger partial charge in [-0.25, -0.2) is 4.79 Å². The first-order valence-electron chi connectivity index (χ1n) is 6.04. The molecule has 0 aliphatic heterocycles. The van der Waals surface area contributed by atoms with Crippen molar-refractivity contribution in [2.75, 3.05) is 0 Å². The molecule has 0 radical (unpaired) electrons. The van der Waals surface area contributed by atoms with Crippen LogP contribution >= 0.6 is 0 Å². The van der Waals surface area contributed by atoms with Gasteiger partial charge in [0.05, 0.1) is 12.5 Å². The second-order valence-electron chi connectivity index (χ2n) is 6.12. The summed E-state index contributed by atoms with van der Waals surface area (Å²) >= 11 is 0. The van der Waals surface area contributed by atoms with E-state index >= 15 is 0 Å². The first kappa shape index (κ1) is 17.2. The van der Waals surface area contributed by atoms with Crippen LogP contribution in [0.15, 0.2) is 0 Å². The maximum Gasteiger partial charge on any atom is 0.408 e. The standard InChI is InChI=1S/C13H22N2O4/c1-12(2,3)18-10(16)7-9(8-14)15-11(17)19-13(4,5)6/h9H,7H2,1-6H3,(H,15,17). The molecule has 0 aromatic heterocycles. The molecule has 0 rings (SSSR count). The third-order valence-corrected chi connectivity index (χ3v) is 1.64. The average molecular weight is 270 g/mol. The van der Waals surface area contributed by atoms with E-state index in [0.717, 1.165) is 0 Å². The molecule has 1 atom stereocenters. The fourth-order valence-corrected chi connectivity index (χ4v) is 1.13. The lowest BCUT2D eigenvalue weighted by molar-refractivity contribution is -0.155. The number of carbonyl (C=O) groups excluding carboxylic acids is 2. The Hall–Kier alpha value is -1.77. The van der Waals surface area contributed by atoms with Crippen molar-refractivity contribution < 1.29 is 19.1 Å². The number of rotatable bonds is 3. The first-order valence-corrected chi connectivity index (χ1v) is 6.04. The maximum absolute atomic E-state index is 11.5. The predicted octanol–water partition coefficient (Wildman–Crippen LogP) is 2.14. The van der Waals surface area contributed by atoms with Crippen molar-refractivity contribution in [3.8, 4) is 6.07 Å². The van der Waals surface area contributed by atoms with Gasteiger partial charge < -0.3 is 14.8 Å². The van der Waals surface area contributed by atoms with E-state index in [0.29, 0.717) is 0 Å². The lowest BCUT2D eigenvalue weighted by Crippen LogP contribution is -2.40. The number of alkyl carbamates (subject to hydrolysis) is 1. The van der Waals surface area contributed by atoms with E-state index < -0.39 is 29.3 Å². The van der Waals surface area contributed by atoms with Crippen LogP contribution in [-0.4, -0.2) is 29.3 Å². The molecular formula is C13H22N2O4. The van der Waals surface area contributed by atoms with Crippen LogP contribution in [-0.2, 0) is 14.3 Å². The van der Waals surface area contributed by atoms with Crippen molar-refractivity contribution in [2.24, 2.45) is 0 Å². The molecule has 0 spiro atoms. The molecule has 1 N–H and O–H groups in total. The van der Waals surface area contributed by atoms with Crippen molar-refractivity contribution in [1.29, 1.82) is 5.26 Å². The number of hydrogen-bond donors (Lipinski definition) is 1. The van der Waals surface area contributed by atoms with Gasteiger partial charge in [-0.05, 0) is 41.5 Å². The van der Waals surface area contributed by atoms with Crippen LogP contribution < -0.4 is 5.32 Å². The molecule has 108 valence electrons. The number of nitrogens with zero attached hydrogens (tertiary/aromatic N) is 1. The van der Waals surface area contributed by atoms with E-state index in [1.165, 1.54) is 0 Å². The smallest absolute Gasteiger partial charge is 0.408 e. The number of amides is 1. The van der Waals surface area contributed by atoms with Crippen molar-refractivity contribution in [2.45, 2.75) is 65.2 Å². The summed E-state index contributed by atoms with van der Waals surface area (Å²) in [6.07, 6.45) is -0.949. The topological polar surface area (TPSA) is 88.4 Å². The van der Waals surface area contributed by atoms with Gasteiger partial charge in [-0.15, -0.1) is 0 Å². The summed E-state index contributed by atoms with van der Waals surface area (Å²) in [6.45, 7) is 10.3. The quantitative estimate of drug-likeness (QED) is 0.794. The minimum Gasteiger partial charge on any atom is -0.460 e. The average Bonchev–Trinajstić information content (AvgIpc) is 2.10. The zero-order valence-corrected chi connectivity index (χ0v) is 12.4. The molecule has 0 bridgehead atoms. The summed E-state index contributed by atoms with van der Waals surface area (Å²) < 4.78 is 10.1. The molecule has 0 aliphatic rings. The second-order valence-corrected chi connectivity index (χ2v) is 6.12. The van der Waals surface area contributed by atoms with Crippen LogP contribution in [0.1, 0.15) is 48.0 Å². The zero-order chi connectivity index (χ0) is 15.3. The number of esters is 1. The van der Waals surface area contributed by atoms with E-state index in [2.05, 4.69) is 5.32 Å². The maximum atomic E-state index is 11.5. The lowest BCUT2D eigenvalue weighted by atomic mass is 10.2. The Kier molecular flexibility index (Phi) is 5.81. The Labute approximate surface area is 114 Å². The summed E-state index contributed by atoms with van der Waals surface area (Å²) in [6, 6.07) is 0.855. The van der Waals surface area contributed by atoms with Crippen LogP contribution in [0.2, 0.25) is 0 Å². The monoisotopic (exact) mass is 270 g/mol. The van der Waals surface area contributed by atoms with Gasteiger partial charge in [0.2, 0.25) is 0 Å². The molecule has 0 aromatic rings. The Bertz CT molecular complexity index is 342. The summed E-state index contributed by atoms with van der Waals surface area (Å²) in [5.41, 5.74) is -1.28. The fourth-order valence-electron chi connectivity index (χ4n) is 1.13. The molecule has 0 aromatic carbocycles. The highest BCUT2D eigenvalue weighted by Gasteiger charge is 2.23. The highest BCUT2D eigenvalue weighted by atomic mass is 16.6. The van der Waals surface area contributed by atoms with Gasteiger partial charge in [-0.3, -0.25) is 4.79 Å². The highest BCUT2D eigenvalue weighted by molar-refractivity contribution is 5.74. The second kappa shape index (κ2) is 6.41. The number of carbonyl (C=O) groups is 2. The van der Waals surface area contributed by atoms with Gasteiger partial charge in [0.15, 0.2) is 0 Å². The van der Waals surface area contributed by atoms with Crippen molar-refractivity contribution in [3.05, 3.63) is 0 Å². The third kappa shape index (κ3) is 9.89. The van der Waals surface area contributed by atoms with Crippen LogP contribution in [0.25, 0.3) is 0 Å². The molecule has 0 aliphatic carbocycles. The van der Waals surface area contributed by atoms with E-state index in [-0.39, 0.29) is 6.42 Å². The minimum absolute atomic E-state index is 0.215. The Morgan fingerprint density at radius 1 is 1.11 bits per heavy atom. The summed E-state index contributed by atoms with van der Waals surface area (Å²) in [4.78, 5) is 23.0. The number of nitrogens with one attached hydrogen (secondary N) is 1. The van der Waals surface area contributed by atoms with Crippen LogP contribution in [0.3, 0.4) is 0 Å². The van der Waals surface area contributed by atoms with Gasteiger partial charge in [0.25, 0.3) is 0 Å². The fraction of sp³-hybridized carbons (Fsp3) is 0.769. The molecule has 6 heteroatoms. The van der Waals surface area contributed by atoms with E-state index in [1.54, 1.807) is 41.5 Å². The largest absolute Gasteiger partial charge is 0.460 e. The van der Waals surface area contributed by atoms with Crippen molar-refractivity contribution >= 4 is 12.1 Å².